The van der Waals surface area contributed by atoms with Crippen LogP contribution in [0.15, 0.2) is 52.2 Å². The predicted octanol–water partition coefficient (Wildman–Crippen LogP) is 0.498. The first kappa shape index (κ1) is 27.1. The molecule has 2 aliphatic rings. The number of ether oxygens (including phenoxy) is 3. The van der Waals surface area contributed by atoms with Crippen LogP contribution in [0.2, 0.25) is 0 Å². The molecule has 13 nitrogen and oxygen atoms in total. The minimum Gasteiger partial charge on any atom is -0.778 e. The zero-order chi connectivity index (χ0) is 26.1. The largest absolute Gasteiger partial charge is 0.778 e. The Morgan fingerprint density at radius 2 is 1.75 bits per heavy atom. The molecular formula is C21H26N2O11P2-2. The van der Waals surface area contributed by atoms with Crippen LogP contribution in [0.25, 0.3) is 0 Å². The van der Waals surface area contributed by atoms with Gasteiger partial charge in [-0.25, -0.2) is 4.79 Å². The minimum atomic E-state index is -5.25. The summed E-state index contributed by atoms with van der Waals surface area (Å²) in [6.07, 6.45) is -3.49. The Bertz CT molecular complexity index is 1260. The molecule has 2 saturated heterocycles. The second-order valence-corrected chi connectivity index (χ2v) is 12.3. The summed E-state index contributed by atoms with van der Waals surface area (Å²) in [5.74, 6) is -0.353. The van der Waals surface area contributed by atoms with Crippen molar-refractivity contribution >= 4 is 15.4 Å². The number of fused-ring (bicyclic) bond motifs is 1. The number of phosphoric ester groups is 1. The molecule has 4 rings (SSSR count). The van der Waals surface area contributed by atoms with Crippen LogP contribution in [-0.2, 0) is 38.6 Å². The molecule has 2 fully saturated rings. The van der Waals surface area contributed by atoms with E-state index in [1.54, 1.807) is 13.8 Å². The van der Waals surface area contributed by atoms with E-state index in [2.05, 4.69) is 9.29 Å². The fourth-order valence-corrected chi connectivity index (χ4v) is 7.01. The molecule has 7 atom stereocenters. The van der Waals surface area contributed by atoms with Crippen molar-refractivity contribution in [2.75, 3.05) is 12.8 Å². The molecule has 15 heteroatoms. The molecular weight excluding hydrogens is 518 g/mol. The van der Waals surface area contributed by atoms with Crippen LogP contribution in [0.4, 0.5) is 0 Å². The Hall–Kier alpha value is -1.92. The number of aromatic amines is 1. The second kappa shape index (κ2) is 10.8. The van der Waals surface area contributed by atoms with Gasteiger partial charge < -0.3 is 33.1 Å². The topological polar surface area (TPSA) is 181 Å². The number of aromatic nitrogens is 2. The van der Waals surface area contributed by atoms with Gasteiger partial charge >= 0.3 is 5.69 Å². The summed E-state index contributed by atoms with van der Waals surface area (Å²) in [4.78, 5) is 50.2. The van der Waals surface area contributed by atoms with Gasteiger partial charge in [-0.15, -0.1) is 0 Å². The van der Waals surface area contributed by atoms with E-state index in [4.69, 9.17) is 18.7 Å². The zero-order valence-corrected chi connectivity index (χ0v) is 21.2. The van der Waals surface area contributed by atoms with Crippen LogP contribution in [0.3, 0.4) is 0 Å². The van der Waals surface area contributed by atoms with E-state index >= 15 is 0 Å². The number of benzene rings is 1. The van der Waals surface area contributed by atoms with Gasteiger partial charge in [-0.3, -0.25) is 23.2 Å². The molecule has 198 valence electrons. The van der Waals surface area contributed by atoms with Gasteiger partial charge in [0, 0.05) is 24.8 Å². The van der Waals surface area contributed by atoms with Crippen molar-refractivity contribution in [2.45, 2.75) is 51.1 Å². The highest BCUT2D eigenvalue weighted by Gasteiger charge is 2.54. The molecule has 0 amide bonds. The van der Waals surface area contributed by atoms with Crippen molar-refractivity contribution in [3.05, 3.63) is 69.0 Å². The number of phosphoric acid groups is 1. The van der Waals surface area contributed by atoms with Crippen molar-refractivity contribution in [2.24, 2.45) is 5.92 Å². The molecule has 1 aromatic heterocycles. The highest BCUT2D eigenvalue weighted by Crippen LogP contribution is 2.56. The Morgan fingerprint density at radius 1 is 1.06 bits per heavy atom. The van der Waals surface area contributed by atoms with E-state index < -0.39 is 70.3 Å². The molecule has 0 bridgehead atoms. The molecule has 0 spiro atoms. The number of H-pyrrole nitrogens is 1. The van der Waals surface area contributed by atoms with Crippen LogP contribution >= 0.6 is 15.4 Å². The van der Waals surface area contributed by atoms with Crippen LogP contribution in [0, 0.1) is 5.92 Å². The van der Waals surface area contributed by atoms with Crippen molar-refractivity contribution in [3.8, 4) is 0 Å². The monoisotopic (exact) mass is 544 g/mol. The summed E-state index contributed by atoms with van der Waals surface area (Å²) in [7, 11) is -9.95. The van der Waals surface area contributed by atoms with E-state index in [9.17, 15) is 28.5 Å². The number of nitrogens with zero attached hydrogens (tertiary/aromatic N) is 1. The Labute approximate surface area is 206 Å². The SMILES string of the molecule is CC(C)CP(=O)([O-])OP(=O)([O-])OC[C@H]1O[C@@H](n2ccc(=O)[nH]c2=O)[C@H]2OC(Cc3ccccc3)OC12. The lowest BCUT2D eigenvalue weighted by Gasteiger charge is -2.33. The van der Waals surface area contributed by atoms with Gasteiger partial charge in [-0.1, -0.05) is 44.2 Å². The molecule has 1 aromatic carbocycles. The van der Waals surface area contributed by atoms with Crippen molar-refractivity contribution in [1.82, 2.24) is 9.55 Å². The van der Waals surface area contributed by atoms with E-state index in [0.717, 1.165) is 16.2 Å². The molecule has 0 radical (unpaired) electrons. The van der Waals surface area contributed by atoms with Crippen LogP contribution in [0.1, 0.15) is 25.6 Å². The average molecular weight is 544 g/mol. The Balaban J connectivity index is 1.51. The van der Waals surface area contributed by atoms with E-state index in [1.165, 1.54) is 6.20 Å². The van der Waals surface area contributed by atoms with Gasteiger partial charge in [0.2, 0.25) is 0 Å². The van der Waals surface area contributed by atoms with E-state index in [1.807, 2.05) is 30.3 Å². The van der Waals surface area contributed by atoms with Gasteiger partial charge in [0.25, 0.3) is 13.4 Å². The summed E-state index contributed by atoms with van der Waals surface area (Å²) in [5.41, 5.74) is -0.450. The Kier molecular flexibility index (Phi) is 8.16. The van der Waals surface area contributed by atoms with Gasteiger partial charge in [0.1, 0.15) is 25.9 Å². The average Bonchev–Trinajstić information content (AvgIpc) is 3.30. The predicted molar refractivity (Wildman–Crippen MR) is 121 cm³/mol. The van der Waals surface area contributed by atoms with Gasteiger partial charge in [0.15, 0.2) is 12.5 Å². The molecule has 4 unspecified atom stereocenters. The lowest BCUT2D eigenvalue weighted by Crippen LogP contribution is -2.36. The first-order valence-corrected chi connectivity index (χ1v) is 14.4. The summed E-state index contributed by atoms with van der Waals surface area (Å²) in [6.45, 7) is 2.54. The van der Waals surface area contributed by atoms with E-state index in [-0.39, 0.29) is 5.92 Å². The molecule has 0 saturated carbocycles. The molecule has 2 aromatic rings. The number of rotatable bonds is 10. The zero-order valence-electron chi connectivity index (χ0n) is 19.5. The normalized spacial score (nSPS) is 29.1. The quantitative estimate of drug-likeness (QED) is 0.411. The summed E-state index contributed by atoms with van der Waals surface area (Å²) in [6, 6.07) is 10.5. The first-order chi connectivity index (χ1) is 16.9. The molecule has 1 N–H and O–H groups in total. The van der Waals surface area contributed by atoms with Gasteiger partial charge in [-0.05, 0) is 11.5 Å². The van der Waals surface area contributed by atoms with Crippen molar-refractivity contribution in [3.63, 3.8) is 0 Å². The van der Waals surface area contributed by atoms with Crippen molar-refractivity contribution < 1.29 is 42.0 Å². The molecule has 2 aliphatic heterocycles. The minimum absolute atomic E-state index is 0.353. The number of hydrogen-bond acceptors (Lipinski definition) is 11. The van der Waals surface area contributed by atoms with Gasteiger partial charge in [0.05, 0.1) is 6.61 Å². The lowest BCUT2D eigenvalue weighted by atomic mass is 10.1. The fourth-order valence-electron chi connectivity index (χ4n) is 4.11. The summed E-state index contributed by atoms with van der Waals surface area (Å²) >= 11 is 0. The maximum absolute atomic E-state index is 12.4. The Morgan fingerprint density at radius 3 is 2.42 bits per heavy atom. The van der Waals surface area contributed by atoms with Crippen LogP contribution in [-0.4, -0.2) is 46.9 Å². The second-order valence-electron chi connectivity index (χ2n) is 8.92. The van der Waals surface area contributed by atoms with Crippen molar-refractivity contribution in [1.29, 1.82) is 0 Å². The highest BCUT2D eigenvalue weighted by molar-refractivity contribution is 7.62. The van der Waals surface area contributed by atoms with Gasteiger partial charge in [-0.2, -0.15) is 0 Å². The molecule has 0 aliphatic carbocycles. The third kappa shape index (κ3) is 6.69. The number of nitrogens with one attached hydrogen (secondary N) is 1. The maximum atomic E-state index is 12.4. The molecule has 3 heterocycles. The fraction of sp³-hybridized carbons (Fsp3) is 0.524. The van der Waals surface area contributed by atoms with Crippen LogP contribution in [0.5, 0.6) is 0 Å². The van der Waals surface area contributed by atoms with Crippen LogP contribution < -0.4 is 21.0 Å². The lowest BCUT2D eigenvalue weighted by molar-refractivity contribution is -0.234. The highest BCUT2D eigenvalue weighted by atomic mass is 31.3. The summed E-state index contributed by atoms with van der Waals surface area (Å²) < 4.78 is 52.2. The summed E-state index contributed by atoms with van der Waals surface area (Å²) in [5, 5.41) is 0. The molecule has 36 heavy (non-hydrogen) atoms. The third-order valence-electron chi connectivity index (χ3n) is 5.48. The first-order valence-electron chi connectivity index (χ1n) is 11.2. The maximum Gasteiger partial charge on any atom is 0.330 e. The van der Waals surface area contributed by atoms with E-state index in [0.29, 0.717) is 6.42 Å². The third-order valence-corrected chi connectivity index (χ3v) is 8.92. The number of hydrogen-bond donors (Lipinski definition) is 1. The smallest absolute Gasteiger partial charge is 0.330 e. The standard InChI is InChI=1S/C21H28N2O11P2/c1-13(2)12-35(26,27)34-36(28,29)30-11-15-18-19(20(31-15)23-9-8-16(24)22-21(23)25)33-17(32-18)10-14-6-4-3-5-7-14/h3-9,13,15,17-20H,10-12H2,1-2H3,(H,26,27)(H,28,29)(H,22,24,25)/p-2/t15-,17?,18?,19+,20-/m1/s1.